The molecule has 1 N–H and O–H groups in total. The van der Waals surface area contributed by atoms with E-state index in [1.54, 1.807) is 17.1 Å². The van der Waals surface area contributed by atoms with Crippen LogP contribution in [0, 0.1) is 5.92 Å². The molecule has 1 unspecified atom stereocenters. The molecular weight excluding hydrogens is 384 g/mol. The maximum atomic E-state index is 12.9. The molecule has 5 rings (SSSR count). The first-order valence-corrected chi connectivity index (χ1v) is 10.0. The van der Waals surface area contributed by atoms with Gasteiger partial charge in [0.25, 0.3) is 0 Å². The van der Waals surface area contributed by atoms with Gasteiger partial charge in [0.15, 0.2) is 23.1 Å². The lowest BCUT2D eigenvalue weighted by Gasteiger charge is -2.32. The van der Waals surface area contributed by atoms with Crippen LogP contribution in [0.3, 0.4) is 0 Å². The highest BCUT2D eigenvalue weighted by molar-refractivity contribution is 5.93. The highest BCUT2D eigenvalue weighted by atomic mass is 16.6. The maximum Gasteiger partial charge on any atom is 0.229 e. The van der Waals surface area contributed by atoms with Crippen molar-refractivity contribution < 1.29 is 14.3 Å². The summed E-state index contributed by atoms with van der Waals surface area (Å²) in [7, 11) is 0. The van der Waals surface area contributed by atoms with E-state index >= 15 is 0 Å². The summed E-state index contributed by atoms with van der Waals surface area (Å²) in [5, 5.41) is 11.6. The molecule has 3 aromatic rings. The Morgan fingerprint density at radius 2 is 1.90 bits per heavy atom. The molecule has 2 aliphatic heterocycles. The fourth-order valence-electron chi connectivity index (χ4n) is 3.78. The number of carbonyl (C=O) groups excluding carboxylic acids is 1. The zero-order valence-corrected chi connectivity index (χ0v) is 16.4. The van der Waals surface area contributed by atoms with Gasteiger partial charge in [0.05, 0.1) is 5.92 Å². The molecule has 1 saturated heterocycles. The molecule has 1 atom stereocenters. The summed E-state index contributed by atoms with van der Waals surface area (Å²) in [6.07, 6.45) is 6.97. The van der Waals surface area contributed by atoms with Gasteiger partial charge in [-0.1, -0.05) is 0 Å². The number of rotatable bonds is 4. The van der Waals surface area contributed by atoms with Gasteiger partial charge in [0.1, 0.15) is 19.5 Å². The number of amides is 1. The van der Waals surface area contributed by atoms with Crippen molar-refractivity contribution in [1.29, 1.82) is 0 Å². The summed E-state index contributed by atoms with van der Waals surface area (Å²) in [4.78, 5) is 19.0. The first-order chi connectivity index (χ1) is 14.8. The van der Waals surface area contributed by atoms with Gasteiger partial charge in [-0.25, -0.2) is 4.98 Å². The van der Waals surface area contributed by atoms with Crippen LogP contribution in [0.1, 0.15) is 12.8 Å². The Morgan fingerprint density at radius 1 is 1.07 bits per heavy atom. The molecule has 1 amide bonds. The highest BCUT2D eigenvalue weighted by Gasteiger charge is 2.27. The molecule has 9 heteroatoms. The van der Waals surface area contributed by atoms with Crippen molar-refractivity contribution in [2.75, 3.05) is 36.5 Å². The number of piperidine rings is 1. The number of nitrogens with zero attached hydrogens (tertiary/aromatic N) is 5. The van der Waals surface area contributed by atoms with E-state index in [-0.39, 0.29) is 11.8 Å². The summed E-state index contributed by atoms with van der Waals surface area (Å²) in [5.74, 6) is 2.73. The van der Waals surface area contributed by atoms with Crippen molar-refractivity contribution in [2.24, 2.45) is 5.92 Å². The Kier molecular flexibility index (Phi) is 4.92. The maximum absolute atomic E-state index is 12.9. The molecular formula is C21H22N6O3. The molecule has 154 valence electrons. The van der Waals surface area contributed by atoms with Gasteiger partial charge in [0, 0.05) is 37.2 Å². The molecule has 4 heterocycles. The second-order valence-electron chi connectivity index (χ2n) is 7.35. The molecule has 0 aliphatic carbocycles. The van der Waals surface area contributed by atoms with Gasteiger partial charge < -0.3 is 19.7 Å². The van der Waals surface area contributed by atoms with Crippen LogP contribution in [0.4, 0.5) is 11.5 Å². The third-order valence-corrected chi connectivity index (χ3v) is 5.33. The standard InChI is InChI=1S/C21H22N6O3/c28-21(23-16-3-4-17-18(12-16)30-11-10-29-17)15-2-1-8-26(13-15)19-5-6-20(25-24-19)27-9-7-22-14-27/h3-7,9,12,14-15H,1-2,8,10-11,13H2,(H,23,28). The van der Waals surface area contributed by atoms with Crippen LogP contribution >= 0.6 is 0 Å². The molecule has 0 spiro atoms. The van der Waals surface area contributed by atoms with Crippen molar-refractivity contribution in [1.82, 2.24) is 19.7 Å². The fraction of sp³-hybridized carbons (Fsp3) is 0.333. The number of hydrogen-bond donors (Lipinski definition) is 1. The third-order valence-electron chi connectivity index (χ3n) is 5.33. The zero-order valence-electron chi connectivity index (χ0n) is 16.4. The van der Waals surface area contributed by atoms with E-state index in [9.17, 15) is 4.79 Å². The van der Waals surface area contributed by atoms with Gasteiger partial charge in [-0.3, -0.25) is 9.36 Å². The summed E-state index contributed by atoms with van der Waals surface area (Å²) >= 11 is 0. The van der Waals surface area contributed by atoms with Crippen LogP contribution < -0.4 is 19.7 Å². The largest absolute Gasteiger partial charge is 0.486 e. The van der Waals surface area contributed by atoms with Crippen molar-refractivity contribution in [2.45, 2.75) is 12.8 Å². The molecule has 2 aliphatic rings. The van der Waals surface area contributed by atoms with Crippen molar-refractivity contribution in [3.63, 3.8) is 0 Å². The van der Waals surface area contributed by atoms with Crippen LogP contribution in [-0.4, -0.2) is 52.0 Å². The average molecular weight is 406 g/mol. The number of imidazole rings is 1. The Morgan fingerprint density at radius 3 is 2.70 bits per heavy atom. The number of carbonyl (C=O) groups is 1. The molecule has 2 aromatic heterocycles. The number of fused-ring (bicyclic) bond motifs is 1. The molecule has 1 fully saturated rings. The molecule has 0 bridgehead atoms. The highest BCUT2D eigenvalue weighted by Crippen LogP contribution is 2.33. The van der Waals surface area contributed by atoms with E-state index < -0.39 is 0 Å². The van der Waals surface area contributed by atoms with Crippen molar-refractivity contribution >= 4 is 17.4 Å². The lowest BCUT2D eigenvalue weighted by molar-refractivity contribution is -0.120. The predicted molar refractivity (Wildman–Crippen MR) is 110 cm³/mol. The molecule has 9 nitrogen and oxygen atoms in total. The predicted octanol–water partition coefficient (Wildman–Crippen LogP) is 2.29. The SMILES string of the molecule is O=C(Nc1ccc2c(c1)OCCO2)C1CCCN(c2ccc(-n3ccnc3)nn2)C1. The van der Waals surface area contributed by atoms with Crippen LogP contribution in [0.25, 0.3) is 5.82 Å². The second kappa shape index (κ2) is 8.02. The third kappa shape index (κ3) is 3.78. The first-order valence-electron chi connectivity index (χ1n) is 10.0. The van der Waals surface area contributed by atoms with Crippen molar-refractivity contribution in [3.05, 3.63) is 49.1 Å². The average Bonchev–Trinajstić information content (AvgIpc) is 3.34. The normalized spacial score (nSPS) is 18.1. The van der Waals surface area contributed by atoms with Crippen LogP contribution in [0.15, 0.2) is 49.1 Å². The number of anilines is 2. The van der Waals surface area contributed by atoms with E-state index in [4.69, 9.17) is 9.47 Å². The molecule has 0 radical (unpaired) electrons. The molecule has 30 heavy (non-hydrogen) atoms. The summed E-state index contributed by atoms with van der Waals surface area (Å²) in [6, 6.07) is 9.32. The Hall–Kier alpha value is -3.62. The Balaban J connectivity index is 1.24. The van der Waals surface area contributed by atoms with Crippen LogP contribution in [-0.2, 0) is 4.79 Å². The Labute approximate surface area is 173 Å². The molecule has 1 aromatic carbocycles. The van der Waals surface area contributed by atoms with Crippen LogP contribution in [0.5, 0.6) is 11.5 Å². The van der Waals surface area contributed by atoms with Gasteiger partial charge in [0.2, 0.25) is 5.91 Å². The quantitative estimate of drug-likeness (QED) is 0.710. The number of aromatic nitrogens is 4. The minimum atomic E-state index is -0.123. The minimum absolute atomic E-state index is 0.000581. The number of nitrogens with one attached hydrogen (secondary N) is 1. The van der Waals surface area contributed by atoms with E-state index in [0.29, 0.717) is 42.8 Å². The first kappa shape index (κ1) is 18.4. The zero-order chi connectivity index (χ0) is 20.3. The van der Waals surface area contributed by atoms with E-state index in [1.165, 1.54) is 0 Å². The number of ether oxygens (including phenoxy) is 2. The summed E-state index contributed by atoms with van der Waals surface area (Å²) in [6.45, 7) is 2.52. The van der Waals surface area contributed by atoms with Crippen molar-refractivity contribution in [3.8, 4) is 17.3 Å². The number of benzene rings is 1. The lowest BCUT2D eigenvalue weighted by Crippen LogP contribution is -2.41. The Bertz CT molecular complexity index is 1020. The lowest BCUT2D eigenvalue weighted by atomic mass is 9.97. The second-order valence-corrected chi connectivity index (χ2v) is 7.35. The van der Waals surface area contributed by atoms with Crippen LogP contribution in [0.2, 0.25) is 0 Å². The topological polar surface area (TPSA) is 94.4 Å². The summed E-state index contributed by atoms with van der Waals surface area (Å²) < 4.78 is 12.9. The minimum Gasteiger partial charge on any atom is -0.486 e. The smallest absolute Gasteiger partial charge is 0.229 e. The molecule has 0 saturated carbocycles. The van der Waals surface area contributed by atoms with Gasteiger partial charge in [-0.2, -0.15) is 0 Å². The monoisotopic (exact) mass is 406 g/mol. The van der Waals surface area contributed by atoms with E-state index in [2.05, 4.69) is 25.4 Å². The van der Waals surface area contributed by atoms with Gasteiger partial charge >= 0.3 is 0 Å². The number of hydrogen-bond acceptors (Lipinski definition) is 7. The fourth-order valence-corrected chi connectivity index (χ4v) is 3.78. The van der Waals surface area contributed by atoms with Gasteiger partial charge in [-0.15, -0.1) is 10.2 Å². The van der Waals surface area contributed by atoms with Gasteiger partial charge in [-0.05, 0) is 37.1 Å². The summed E-state index contributed by atoms with van der Waals surface area (Å²) in [5.41, 5.74) is 0.714. The van der Waals surface area contributed by atoms with E-state index in [1.807, 2.05) is 36.5 Å². The van der Waals surface area contributed by atoms with E-state index in [0.717, 1.165) is 25.2 Å².